The number of hydrogen-bond acceptors (Lipinski definition) is 4. The van der Waals surface area contributed by atoms with Gasteiger partial charge in [0.25, 0.3) is 5.91 Å². The summed E-state index contributed by atoms with van der Waals surface area (Å²) >= 11 is 0. The summed E-state index contributed by atoms with van der Waals surface area (Å²) in [6.07, 6.45) is 4.48. The lowest BCUT2D eigenvalue weighted by molar-refractivity contribution is -0.126. The molecule has 2 N–H and O–H groups in total. The van der Waals surface area contributed by atoms with Gasteiger partial charge in [0.1, 0.15) is 11.9 Å². The fourth-order valence-electron chi connectivity index (χ4n) is 3.65. The van der Waals surface area contributed by atoms with Crippen LogP contribution in [0.4, 0.5) is 10.1 Å². The zero-order chi connectivity index (χ0) is 23.3. The van der Waals surface area contributed by atoms with E-state index in [-0.39, 0.29) is 17.5 Å². The number of carbonyl (C=O) groups is 1. The maximum absolute atomic E-state index is 14.4. The van der Waals surface area contributed by atoms with Gasteiger partial charge in [-0.1, -0.05) is 36.8 Å². The Kier molecular flexibility index (Phi) is 7.45. The van der Waals surface area contributed by atoms with Gasteiger partial charge in [-0.25, -0.2) is 4.39 Å². The zero-order valence-electron chi connectivity index (χ0n) is 18.8. The summed E-state index contributed by atoms with van der Waals surface area (Å²) in [6, 6.07) is 14.3. The van der Waals surface area contributed by atoms with Crippen molar-refractivity contribution in [2.24, 2.45) is 5.73 Å². The van der Waals surface area contributed by atoms with E-state index in [0.717, 1.165) is 17.7 Å². The minimum absolute atomic E-state index is 0.00963. The number of nitrogens with two attached hydrogens (primary N) is 1. The Labute approximate surface area is 189 Å². The van der Waals surface area contributed by atoms with E-state index in [9.17, 15) is 9.18 Å². The van der Waals surface area contributed by atoms with E-state index in [1.54, 1.807) is 17.0 Å². The van der Waals surface area contributed by atoms with Crippen LogP contribution in [0.15, 0.2) is 60.2 Å². The number of likely N-dealkylation sites (N-methyl/N-ethyl adjacent to an activating group) is 1. The minimum atomic E-state index is -0.582. The van der Waals surface area contributed by atoms with E-state index in [1.807, 2.05) is 62.1 Å². The second-order valence-electron chi connectivity index (χ2n) is 7.95. The predicted molar refractivity (Wildman–Crippen MR) is 126 cm³/mol. The molecule has 1 atom stereocenters. The lowest BCUT2D eigenvalue weighted by atomic mass is 10.0. The van der Waals surface area contributed by atoms with Gasteiger partial charge in [-0.2, -0.15) is 5.26 Å². The molecule has 5 nitrogen and oxygen atoms in total. The van der Waals surface area contributed by atoms with Crippen molar-refractivity contribution < 1.29 is 9.18 Å². The Morgan fingerprint density at radius 1 is 1.25 bits per heavy atom. The highest BCUT2D eigenvalue weighted by molar-refractivity contribution is 6.00. The van der Waals surface area contributed by atoms with Crippen molar-refractivity contribution in [2.45, 2.75) is 33.2 Å². The van der Waals surface area contributed by atoms with Gasteiger partial charge < -0.3 is 15.5 Å². The summed E-state index contributed by atoms with van der Waals surface area (Å²) < 4.78 is 14.4. The molecule has 2 aromatic carbocycles. The normalized spacial score (nSPS) is 14.3. The van der Waals surface area contributed by atoms with Crippen molar-refractivity contribution in [2.75, 3.05) is 24.5 Å². The molecule has 166 valence electrons. The van der Waals surface area contributed by atoms with Crippen molar-refractivity contribution in [1.82, 2.24) is 4.90 Å². The number of benzene rings is 2. The van der Waals surface area contributed by atoms with E-state index < -0.39 is 5.82 Å². The van der Waals surface area contributed by atoms with Crippen LogP contribution >= 0.6 is 0 Å². The summed E-state index contributed by atoms with van der Waals surface area (Å²) in [7, 11) is 0. The number of rotatable bonds is 7. The molecule has 0 saturated heterocycles. The summed E-state index contributed by atoms with van der Waals surface area (Å²) in [5.41, 5.74) is 10.0. The second-order valence-corrected chi connectivity index (χ2v) is 7.95. The lowest BCUT2D eigenvalue weighted by Crippen LogP contribution is -2.42. The van der Waals surface area contributed by atoms with Crippen molar-refractivity contribution in [1.29, 1.82) is 5.26 Å². The number of hydrogen-bond donors (Lipinski definition) is 1. The van der Waals surface area contributed by atoms with Gasteiger partial charge >= 0.3 is 0 Å². The minimum Gasteiger partial charge on any atom is -0.337 e. The summed E-state index contributed by atoms with van der Waals surface area (Å²) in [5.74, 6) is -0.673. The number of nitriles is 1. The van der Waals surface area contributed by atoms with E-state index in [2.05, 4.69) is 0 Å². The van der Waals surface area contributed by atoms with Crippen molar-refractivity contribution in [3.8, 4) is 6.07 Å². The Morgan fingerprint density at radius 3 is 2.56 bits per heavy atom. The average molecular weight is 433 g/mol. The average Bonchev–Trinajstić information content (AvgIpc) is 2.82. The standard InChI is InChI=1S/C26H29FN4O/c1-4-22(29)17-30(5-2)26(32)20-12-13-31(23-10-6-18(3)7-11-23)25(15-20)19-8-9-21(16-28)24(27)14-19/h6-12,14-15,22H,4-5,13,17,29H2,1-3H3. The van der Waals surface area contributed by atoms with Gasteiger partial charge in [0.05, 0.1) is 5.56 Å². The first-order chi connectivity index (χ1) is 15.4. The van der Waals surface area contributed by atoms with E-state index in [1.165, 1.54) is 12.1 Å². The SMILES string of the molecule is CCC(N)CN(CC)C(=O)C1=CCN(c2ccc(C)cc2)C(c2ccc(C#N)c(F)c2)=C1. The van der Waals surface area contributed by atoms with Crippen LogP contribution in [0, 0.1) is 24.1 Å². The van der Waals surface area contributed by atoms with Crippen LogP contribution in [0.25, 0.3) is 5.70 Å². The topological polar surface area (TPSA) is 73.4 Å². The Hall–Kier alpha value is -3.43. The maximum Gasteiger partial charge on any atom is 0.253 e. The summed E-state index contributed by atoms with van der Waals surface area (Å²) in [5, 5.41) is 9.09. The molecular weight excluding hydrogens is 403 g/mol. The molecule has 0 radical (unpaired) electrons. The van der Waals surface area contributed by atoms with Crippen LogP contribution in [-0.4, -0.2) is 36.5 Å². The molecule has 6 heteroatoms. The predicted octanol–water partition coefficient (Wildman–Crippen LogP) is 4.38. The van der Waals surface area contributed by atoms with Gasteiger partial charge in [0.15, 0.2) is 0 Å². The number of aryl methyl sites for hydroxylation is 1. The van der Waals surface area contributed by atoms with Crippen molar-refractivity contribution in [3.05, 3.63) is 82.7 Å². The van der Waals surface area contributed by atoms with Gasteiger partial charge in [-0.3, -0.25) is 4.79 Å². The molecule has 1 amide bonds. The molecule has 0 saturated carbocycles. The number of amides is 1. The quantitative estimate of drug-likeness (QED) is 0.705. The second kappa shape index (κ2) is 10.3. The smallest absolute Gasteiger partial charge is 0.253 e. The van der Waals surface area contributed by atoms with E-state index in [0.29, 0.717) is 36.5 Å². The van der Waals surface area contributed by atoms with Gasteiger partial charge in [0, 0.05) is 48.2 Å². The van der Waals surface area contributed by atoms with Crippen molar-refractivity contribution >= 4 is 17.3 Å². The third-order valence-corrected chi connectivity index (χ3v) is 5.70. The first kappa shape index (κ1) is 23.2. The Balaban J connectivity index is 2.02. The first-order valence-corrected chi connectivity index (χ1v) is 10.9. The Morgan fingerprint density at radius 2 is 1.97 bits per heavy atom. The molecule has 0 bridgehead atoms. The fraction of sp³-hybridized carbons (Fsp3) is 0.308. The number of nitrogens with zero attached hydrogens (tertiary/aromatic N) is 3. The molecule has 1 unspecified atom stereocenters. The molecule has 0 fully saturated rings. The highest BCUT2D eigenvalue weighted by atomic mass is 19.1. The monoisotopic (exact) mass is 432 g/mol. The highest BCUT2D eigenvalue weighted by Crippen LogP contribution is 2.32. The van der Waals surface area contributed by atoms with Gasteiger partial charge in [-0.05, 0) is 50.6 Å². The van der Waals surface area contributed by atoms with E-state index in [4.69, 9.17) is 11.0 Å². The molecule has 1 aliphatic rings. The van der Waals surface area contributed by atoms with Gasteiger partial charge in [-0.15, -0.1) is 0 Å². The molecule has 0 aromatic heterocycles. The first-order valence-electron chi connectivity index (χ1n) is 10.9. The third-order valence-electron chi connectivity index (χ3n) is 5.70. The number of anilines is 1. The fourth-order valence-corrected chi connectivity index (χ4v) is 3.65. The zero-order valence-corrected chi connectivity index (χ0v) is 18.8. The number of carbonyl (C=O) groups excluding carboxylic acids is 1. The molecule has 0 spiro atoms. The summed E-state index contributed by atoms with van der Waals surface area (Å²) in [4.78, 5) is 17.0. The van der Waals surface area contributed by atoms with Crippen LogP contribution in [0.5, 0.6) is 0 Å². The van der Waals surface area contributed by atoms with Crippen LogP contribution in [-0.2, 0) is 4.79 Å². The molecule has 1 aliphatic heterocycles. The van der Waals surface area contributed by atoms with Crippen LogP contribution in [0.1, 0.15) is 37.0 Å². The van der Waals surface area contributed by atoms with Gasteiger partial charge in [0.2, 0.25) is 0 Å². The Bertz CT molecular complexity index is 1080. The molecule has 0 aliphatic carbocycles. The highest BCUT2D eigenvalue weighted by Gasteiger charge is 2.24. The summed E-state index contributed by atoms with van der Waals surface area (Å²) in [6.45, 7) is 7.46. The maximum atomic E-state index is 14.4. The van der Waals surface area contributed by atoms with E-state index >= 15 is 0 Å². The number of halogens is 1. The largest absolute Gasteiger partial charge is 0.337 e. The van der Waals surface area contributed by atoms with Crippen LogP contribution in [0.2, 0.25) is 0 Å². The van der Waals surface area contributed by atoms with Crippen LogP contribution in [0.3, 0.4) is 0 Å². The molecule has 3 rings (SSSR count). The lowest BCUT2D eigenvalue weighted by Gasteiger charge is -2.32. The molecular formula is C26H29FN4O. The third kappa shape index (κ3) is 5.06. The molecule has 32 heavy (non-hydrogen) atoms. The molecule has 2 aromatic rings. The van der Waals surface area contributed by atoms with Crippen LogP contribution < -0.4 is 10.6 Å². The van der Waals surface area contributed by atoms with Crippen molar-refractivity contribution in [3.63, 3.8) is 0 Å². The molecule has 1 heterocycles.